The van der Waals surface area contributed by atoms with E-state index in [2.05, 4.69) is 32.7 Å². The van der Waals surface area contributed by atoms with Crippen LogP contribution >= 0.6 is 24.0 Å². The standard InChI is InChI=1S/C20H33N7O2.HI/c1-7-21-18(23-13-17-25-24-16-10-8-9-11-27(16)17)22-12-15(2)14-26(6)19(28)29-20(3,4)5;/h8-11,15H,7,12-14H2,1-6H3,(H2,21,22,23);1H. The summed E-state index contributed by atoms with van der Waals surface area (Å²) in [6.07, 6.45) is 1.61. The van der Waals surface area contributed by atoms with Crippen molar-refractivity contribution >= 4 is 41.7 Å². The van der Waals surface area contributed by atoms with Crippen LogP contribution in [0.3, 0.4) is 0 Å². The van der Waals surface area contributed by atoms with Gasteiger partial charge in [0.15, 0.2) is 17.4 Å². The molecular weight excluding hydrogens is 497 g/mol. The highest BCUT2D eigenvalue weighted by atomic mass is 127. The van der Waals surface area contributed by atoms with Gasteiger partial charge in [0.05, 0.1) is 0 Å². The van der Waals surface area contributed by atoms with Gasteiger partial charge in [-0.05, 0) is 45.7 Å². The van der Waals surface area contributed by atoms with E-state index in [1.807, 2.05) is 56.5 Å². The summed E-state index contributed by atoms with van der Waals surface area (Å²) in [6.45, 7) is 12.1. The van der Waals surface area contributed by atoms with Crippen molar-refractivity contribution in [2.24, 2.45) is 10.9 Å². The van der Waals surface area contributed by atoms with Gasteiger partial charge in [-0.3, -0.25) is 4.40 Å². The summed E-state index contributed by atoms with van der Waals surface area (Å²) in [5, 5.41) is 14.9. The van der Waals surface area contributed by atoms with E-state index >= 15 is 0 Å². The number of guanidine groups is 1. The number of hydrogen-bond donors (Lipinski definition) is 2. The third-order valence-electron chi connectivity index (χ3n) is 4.02. The van der Waals surface area contributed by atoms with Gasteiger partial charge in [-0.1, -0.05) is 13.0 Å². The molecule has 2 N–H and O–H groups in total. The Bertz CT molecular complexity index is 832. The summed E-state index contributed by atoms with van der Waals surface area (Å²) >= 11 is 0. The zero-order valence-electron chi connectivity index (χ0n) is 18.7. The van der Waals surface area contributed by atoms with E-state index in [-0.39, 0.29) is 36.0 Å². The molecule has 0 saturated carbocycles. The first-order valence-electron chi connectivity index (χ1n) is 9.94. The van der Waals surface area contributed by atoms with Gasteiger partial charge >= 0.3 is 6.09 Å². The van der Waals surface area contributed by atoms with Gasteiger partial charge in [-0.15, -0.1) is 34.2 Å². The van der Waals surface area contributed by atoms with E-state index in [4.69, 9.17) is 4.74 Å². The molecule has 0 aromatic carbocycles. The maximum Gasteiger partial charge on any atom is 0.410 e. The molecule has 1 amide bonds. The Morgan fingerprint density at radius 1 is 1.30 bits per heavy atom. The molecule has 2 heterocycles. The minimum atomic E-state index is -0.496. The highest BCUT2D eigenvalue weighted by Gasteiger charge is 2.20. The number of carbonyl (C=O) groups is 1. The number of nitrogens with one attached hydrogen (secondary N) is 2. The number of carbonyl (C=O) groups excluding carboxylic acids is 1. The van der Waals surface area contributed by atoms with E-state index in [0.717, 1.165) is 18.0 Å². The molecule has 9 nitrogen and oxygen atoms in total. The maximum absolute atomic E-state index is 12.1. The number of aromatic nitrogens is 3. The minimum Gasteiger partial charge on any atom is -0.444 e. The molecule has 0 bridgehead atoms. The van der Waals surface area contributed by atoms with Gasteiger partial charge in [-0.2, -0.15) is 0 Å². The Hall–Kier alpha value is -2.11. The number of nitrogens with zero attached hydrogens (tertiary/aromatic N) is 5. The van der Waals surface area contributed by atoms with E-state index in [1.165, 1.54) is 0 Å². The second kappa shape index (κ2) is 11.9. The number of fused-ring (bicyclic) bond motifs is 1. The molecule has 2 rings (SSSR count). The number of amides is 1. The molecule has 2 aromatic heterocycles. The lowest BCUT2D eigenvalue weighted by atomic mass is 10.1. The van der Waals surface area contributed by atoms with Crippen molar-refractivity contribution in [3.63, 3.8) is 0 Å². The Morgan fingerprint density at radius 2 is 2.03 bits per heavy atom. The van der Waals surface area contributed by atoms with Crippen LogP contribution in [0.5, 0.6) is 0 Å². The van der Waals surface area contributed by atoms with Crippen LogP contribution in [0.2, 0.25) is 0 Å². The van der Waals surface area contributed by atoms with Crippen LogP contribution in [0, 0.1) is 5.92 Å². The van der Waals surface area contributed by atoms with Crippen LogP contribution in [0.4, 0.5) is 4.79 Å². The molecule has 0 spiro atoms. The monoisotopic (exact) mass is 531 g/mol. The lowest BCUT2D eigenvalue weighted by Crippen LogP contribution is -2.42. The average Bonchev–Trinajstić information content (AvgIpc) is 3.06. The van der Waals surface area contributed by atoms with Gasteiger partial charge < -0.3 is 20.3 Å². The van der Waals surface area contributed by atoms with Crippen LogP contribution in [-0.4, -0.2) is 63.8 Å². The topological polar surface area (TPSA) is 96.1 Å². The summed E-state index contributed by atoms with van der Waals surface area (Å²) in [5.74, 6) is 1.69. The fourth-order valence-corrected chi connectivity index (χ4v) is 2.71. The highest BCUT2D eigenvalue weighted by Crippen LogP contribution is 2.10. The van der Waals surface area contributed by atoms with Gasteiger partial charge in [0.25, 0.3) is 0 Å². The molecule has 0 aliphatic rings. The summed E-state index contributed by atoms with van der Waals surface area (Å²) in [6, 6.07) is 5.78. The first kappa shape index (κ1) is 25.9. The zero-order valence-corrected chi connectivity index (χ0v) is 21.0. The third-order valence-corrected chi connectivity index (χ3v) is 4.02. The molecule has 0 aliphatic carbocycles. The molecule has 10 heteroatoms. The first-order chi connectivity index (χ1) is 13.7. The quantitative estimate of drug-likeness (QED) is 0.324. The van der Waals surface area contributed by atoms with Crippen molar-refractivity contribution in [1.82, 2.24) is 30.1 Å². The number of hydrogen-bond acceptors (Lipinski definition) is 5. The number of rotatable bonds is 7. The summed E-state index contributed by atoms with van der Waals surface area (Å²) in [4.78, 5) is 18.3. The number of pyridine rings is 1. The van der Waals surface area contributed by atoms with Crippen molar-refractivity contribution in [2.45, 2.75) is 46.8 Å². The van der Waals surface area contributed by atoms with Crippen molar-refractivity contribution in [3.05, 3.63) is 30.2 Å². The van der Waals surface area contributed by atoms with Gasteiger partial charge in [0.1, 0.15) is 12.1 Å². The number of ether oxygens (including phenoxy) is 1. The normalized spacial score (nSPS) is 12.8. The Morgan fingerprint density at radius 3 is 2.70 bits per heavy atom. The second-order valence-electron chi connectivity index (χ2n) is 8.09. The van der Waals surface area contributed by atoms with E-state index in [9.17, 15) is 4.79 Å². The summed E-state index contributed by atoms with van der Waals surface area (Å²) < 4.78 is 7.32. The predicted molar refractivity (Wildman–Crippen MR) is 129 cm³/mol. The molecule has 1 unspecified atom stereocenters. The Balaban J connectivity index is 0.00000450. The molecule has 2 aromatic rings. The van der Waals surface area contributed by atoms with Crippen molar-refractivity contribution in [1.29, 1.82) is 0 Å². The molecule has 168 valence electrons. The molecule has 1 atom stereocenters. The van der Waals surface area contributed by atoms with Gasteiger partial charge in [0, 0.05) is 32.9 Å². The zero-order chi connectivity index (χ0) is 21.4. The van der Waals surface area contributed by atoms with Gasteiger partial charge in [-0.25, -0.2) is 9.79 Å². The second-order valence-corrected chi connectivity index (χ2v) is 8.09. The number of halogens is 1. The van der Waals surface area contributed by atoms with Crippen LogP contribution in [0.15, 0.2) is 29.4 Å². The fourth-order valence-electron chi connectivity index (χ4n) is 2.71. The van der Waals surface area contributed by atoms with Crippen molar-refractivity contribution in [3.8, 4) is 0 Å². The summed E-state index contributed by atoms with van der Waals surface area (Å²) in [7, 11) is 1.75. The molecule has 0 aliphatic heterocycles. The van der Waals surface area contributed by atoms with Crippen LogP contribution in [-0.2, 0) is 11.3 Å². The highest BCUT2D eigenvalue weighted by molar-refractivity contribution is 14.0. The maximum atomic E-state index is 12.1. The summed E-state index contributed by atoms with van der Waals surface area (Å²) in [5.41, 5.74) is 0.304. The molecule has 30 heavy (non-hydrogen) atoms. The van der Waals surface area contributed by atoms with E-state index in [0.29, 0.717) is 25.6 Å². The molecule has 0 saturated heterocycles. The van der Waals surface area contributed by atoms with Gasteiger partial charge in [0.2, 0.25) is 0 Å². The molecular formula is C20H34IN7O2. The van der Waals surface area contributed by atoms with E-state index in [1.54, 1.807) is 11.9 Å². The Labute approximate surface area is 195 Å². The van der Waals surface area contributed by atoms with Crippen molar-refractivity contribution in [2.75, 3.05) is 26.7 Å². The average molecular weight is 531 g/mol. The third kappa shape index (κ3) is 8.33. The molecule has 0 fully saturated rings. The Kier molecular flexibility index (Phi) is 10.3. The largest absolute Gasteiger partial charge is 0.444 e. The number of aliphatic imine (C=N–C) groups is 1. The van der Waals surface area contributed by atoms with Crippen LogP contribution in [0.25, 0.3) is 5.65 Å². The fraction of sp³-hybridized carbons (Fsp3) is 0.600. The minimum absolute atomic E-state index is 0. The lowest BCUT2D eigenvalue weighted by molar-refractivity contribution is 0.0278. The first-order valence-corrected chi connectivity index (χ1v) is 9.94. The van der Waals surface area contributed by atoms with Crippen LogP contribution < -0.4 is 10.6 Å². The van der Waals surface area contributed by atoms with Crippen molar-refractivity contribution < 1.29 is 9.53 Å². The van der Waals surface area contributed by atoms with Crippen LogP contribution in [0.1, 0.15) is 40.4 Å². The van der Waals surface area contributed by atoms with E-state index < -0.39 is 5.60 Å². The smallest absolute Gasteiger partial charge is 0.410 e. The predicted octanol–water partition coefficient (Wildman–Crippen LogP) is 2.91. The molecule has 0 radical (unpaired) electrons. The lowest BCUT2D eigenvalue weighted by Gasteiger charge is -2.26. The SMILES string of the molecule is CCNC(=NCc1nnc2ccccn12)NCC(C)CN(C)C(=O)OC(C)(C)C.I.